The first-order valence-electron chi connectivity index (χ1n) is 9.69. The van der Waals surface area contributed by atoms with Crippen LogP contribution < -0.4 is 4.90 Å². The molecule has 0 N–H and O–H groups in total. The van der Waals surface area contributed by atoms with E-state index in [1.807, 2.05) is 19.2 Å². The van der Waals surface area contributed by atoms with E-state index in [2.05, 4.69) is 21.1 Å². The van der Waals surface area contributed by atoms with E-state index in [-0.39, 0.29) is 18.4 Å². The SMILES string of the molecule is CN(c1ccnc(-c2cnn3ccc(C#N)cc23)n1)[C@@H]1CCCN(C(=O)CC#N)C1. The number of likely N-dealkylation sites (N-methyl/N-ethyl adjacent to an activating group) is 1. The number of pyridine rings is 1. The van der Waals surface area contributed by atoms with Gasteiger partial charge in [-0.3, -0.25) is 4.79 Å². The molecular formula is C21H20N8O. The number of aromatic nitrogens is 4. The van der Waals surface area contributed by atoms with Crippen molar-refractivity contribution in [2.24, 2.45) is 0 Å². The van der Waals surface area contributed by atoms with Gasteiger partial charge in [-0.1, -0.05) is 0 Å². The standard InChI is InChI=1S/C21H20N8O/c1-27(16-3-2-9-28(14-16)20(30)4-7-22)19-5-8-24-21(26-19)17-13-25-29-10-6-15(12-23)11-18(17)29/h5-6,8,10-11,13,16H,2-4,9,14H2,1H3/t16-/m1/s1. The fourth-order valence-electron chi connectivity index (χ4n) is 3.76. The Hall–Kier alpha value is -3.98. The van der Waals surface area contributed by atoms with Gasteiger partial charge in [0.05, 0.1) is 35.0 Å². The molecule has 3 aromatic heterocycles. The number of anilines is 1. The molecule has 1 aliphatic rings. The molecule has 4 rings (SSSR count). The van der Waals surface area contributed by atoms with Crippen LogP contribution >= 0.6 is 0 Å². The van der Waals surface area contributed by atoms with Crippen LogP contribution in [0.15, 0.2) is 36.8 Å². The van der Waals surface area contributed by atoms with E-state index in [1.54, 1.807) is 40.1 Å². The maximum absolute atomic E-state index is 12.1. The van der Waals surface area contributed by atoms with Crippen LogP contribution in [0.2, 0.25) is 0 Å². The van der Waals surface area contributed by atoms with Crippen LogP contribution in [0.25, 0.3) is 16.9 Å². The quantitative estimate of drug-likeness (QED) is 0.658. The molecule has 4 heterocycles. The fraction of sp³-hybridized carbons (Fsp3) is 0.333. The van der Waals surface area contributed by atoms with E-state index in [9.17, 15) is 10.1 Å². The summed E-state index contributed by atoms with van der Waals surface area (Å²) in [5.74, 6) is 1.15. The molecule has 0 radical (unpaired) electrons. The molecule has 0 aliphatic carbocycles. The summed E-state index contributed by atoms with van der Waals surface area (Å²) in [5, 5.41) is 22.3. The highest BCUT2D eigenvalue weighted by Crippen LogP contribution is 2.25. The third-order valence-corrected chi connectivity index (χ3v) is 5.42. The Morgan fingerprint density at radius 1 is 1.37 bits per heavy atom. The van der Waals surface area contributed by atoms with Crippen LogP contribution in [-0.2, 0) is 4.79 Å². The molecule has 0 spiro atoms. The third-order valence-electron chi connectivity index (χ3n) is 5.42. The summed E-state index contributed by atoms with van der Waals surface area (Å²) in [6.07, 6.45) is 6.87. The van der Waals surface area contributed by atoms with Crippen molar-refractivity contribution in [2.45, 2.75) is 25.3 Å². The predicted octanol–water partition coefficient (Wildman–Crippen LogP) is 2.00. The minimum absolute atomic E-state index is 0.0898. The van der Waals surface area contributed by atoms with Crippen molar-refractivity contribution in [3.8, 4) is 23.5 Å². The number of hydrogen-bond acceptors (Lipinski definition) is 7. The number of amides is 1. The molecule has 0 saturated carbocycles. The van der Waals surface area contributed by atoms with E-state index in [1.165, 1.54) is 0 Å². The van der Waals surface area contributed by atoms with Crippen LogP contribution in [0, 0.1) is 22.7 Å². The number of carbonyl (C=O) groups excluding carboxylic acids is 1. The molecule has 1 amide bonds. The molecule has 1 aliphatic heterocycles. The molecular weight excluding hydrogens is 380 g/mol. The second-order valence-electron chi connectivity index (χ2n) is 7.24. The summed E-state index contributed by atoms with van der Waals surface area (Å²) in [6.45, 7) is 1.25. The lowest BCUT2D eigenvalue weighted by Crippen LogP contribution is -2.48. The number of hydrogen-bond donors (Lipinski definition) is 0. The van der Waals surface area contributed by atoms with Gasteiger partial charge in [0, 0.05) is 38.6 Å². The Morgan fingerprint density at radius 3 is 3.03 bits per heavy atom. The van der Waals surface area contributed by atoms with Gasteiger partial charge in [-0.05, 0) is 31.0 Å². The highest BCUT2D eigenvalue weighted by Gasteiger charge is 2.27. The number of fused-ring (bicyclic) bond motifs is 1. The van der Waals surface area contributed by atoms with Crippen LogP contribution in [-0.4, -0.2) is 56.6 Å². The zero-order valence-electron chi connectivity index (χ0n) is 16.6. The van der Waals surface area contributed by atoms with Crippen molar-refractivity contribution in [1.29, 1.82) is 10.5 Å². The van der Waals surface area contributed by atoms with E-state index >= 15 is 0 Å². The summed E-state index contributed by atoms with van der Waals surface area (Å²) < 4.78 is 1.69. The second kappa shape index (κ2) is 8.18. The maximum atomic E-state index is 12.1. The number of likely N-dealkylation sites (tertiary alicyclic amines) is 1. The van der Waals surface area contributed by atoms with Gasteiger partial charge in [0.1, 0.15) is 12.2 Å². The van der Waals surface area contributed by atoms with Crippen LogP contribution in [0.3, 0.4) is 0 Å². The maximum Gasteiger partial charge on any atom is 0.236 e. The van der Waals surface area contributed by atoms with Crippen molar-refractivity contribution in [3.63, 3.8) is 0 Å². The number of rotatable bonds is 4. The summed E-state index contributed by atoms with van der Waals surface area (Å²) in [6, 6.07) is 9.49. The molecule has 0 unspecified atom stereocenters. The monoisotopic (exact) mass is 400 g/mol. The highest BCUT2D eigenvalue weighted by atomic mass is 16.2. The van der Waals surface area contributed by atoms with Gasteiger partial charge in [-0.15, -0.1) is 0 Å². The minimum atomic E-state index is -0.126. The molecule has 1 fully saturated rings. The van der Waals surface area contributed by atoms with E-state index in [0.29, 0.717) is 24.5 Å². The lowest BCUT2D eigenvalue weighted by Gasteiger charge is -2.38. The third kappa shape index (κ3) is 3.65. The van der Waals surface area contributed by atoms with Gasteiger partial charge < -0.3 is 9.80 Å². The van der Waals surface area contributed by atoms with Crippen molar-refractivity contribution < 1.29 is 4.79 Å². The first kappa shape index (κ1) is 19.3. The predicted molar refractivity (Wildman–Crippen MR) is 109 cm³/mol. The van der Waals surface area contributed by atoms with Gasteiger partial charge in [0.25, 0.3) is 0 Å². The zero-order chi connectivity index (χ0) is 21.1. The molecule has 150 valence electrons. The summed E-state index contributed by atoms with van der Waals surface area (Å²) in [5.41, 5.74) is 2.05. The Bertz CT molecular complexity index is 1170. The van der Waals surface area contributed by atoms with Crippen molar-refractivity contribution in [2.75, 3.05) is 25.0 Å². The smallest absolute Gasteiger partial charge is 0.236 e. The molecule has 0 aromatic carbocycles. The van der Waals surface area contributed by atoms with Gasteiger partial charge in [0.15, 0.2) is 5.82 Å². The Balaban J connectivity index is 1.60. The summed E-state index contributed by atoms with van der Waals surface area (Å²) in [7, 11) is 1.96. The van der Waals surface area contributed by atoms with Crippen molar-refractivity contribution in [3.05, 3.63) is 42.4 Å². The topological polar surface area (TPSA) is 114 Å². The van der Waals surface area contributed by atoms with Gasteiger partial charge in [-0.25, -0.2) is 14.5 Å². The Morgan fingerprint density at radius 2 is 2.23 bits per heavy atom. The number of nitrogens with zero attached hydrogens (tertiary/aromatic N) is 8. The highest BCUT2D eigenvalue weighted by molar-refractivity contribution is 5.78. The second-order valence-corrected chi connectivity index (χ2v) is 7.24. The number of carbonyl (C=O) groups is 1. The van der Waals surface area contributed by atoms with Gasteiger partial charge >= 0.3 is 0 Å². The van der Waals surface area contributed by atoms with Crippen molar-refractivity contribution >= 4 is 17.2 Å². The van der Waals surface area contributed by atoms with Crippen LogP contribution in [0.5, 0.6) is 0 Å². The Kier molecular flexibility index (Phi) is 5.27. The van der Waals surface area contributed by atoms with E-state index < -0.39 is 0 Å². The lowest BCUT2D eigenvalue weighted by atomic mass is 10.0. The lowest BCUT2D eigenvalue weighted by molar-refractivity contribution is -0.131. The minimum Gasteiger partial charge on any atom is -0.355 e. The molecule has 9 heteroatoms. The fourth-order valence-corrected chi connectivity index (χ4v) is 3.76. The molecule has 1 saturated heterocycles. The summed E-state index contributed by atoms with van der Waals surface area (Å²) in [4.78, 5) is 25.1. The van der Waals surface area contributed by atoms with E-state index in [4.69, 9.17) is 10.2 Å². The van der Waals surface area contributed by atoms with Crippen LogP contribution in [0.1, 0.15) is 24.8 Å². The first-order chi connectivity index (χ1) is 14.6. The van der Waals surface area contributed by atoms with Crippen molar-refractivity contribution in [1.82, 2.24) is 24.5 Å². The molecule has 1 atom stereocenters. The average molecular weight is 400 g/mol. The Labute approximate surface area is 173 Å². The zero-order valence-corrected chi connectivity index (χ0v) is 16.6. The first-order valence-corrected chi connectivity index (χ1v) is 9.69. The summed E-state index contributed by atoms with van der Waals surface area (Å²) >= 11 is 0. The largest absolute Gasteiger partial charge is 0.355 e. The molecule has 3 aromatic rings. The normalized spacial score (nSPS) is 16.1. The number of nitriles is 2. The molecule has 30 heavy (non-hydrogen) atoms. The average Bonchev–Trinajstić information content (AvgIpc) is 3.22. The van der Waals surface area contributed by atoms with E-state index in [0.717, 1.165) is 29.7 Å². The number of piperidine rings is 1. The van der Waals surface area contributed by atoms with Crippen LogP contribution in [0.4, 0.5) is 5.82 Å². The van der Waals surface area contributed by atoms with Gasteiger partial charge in [0.2, 0.25) is 5.91 Å². The van der Waals surface area contributed by atoms with Gasteiger partial charge in [-0.2, -0.15) is 15.6 Å². The molecule has 9 nitrogen and oxygen atoms in total. The molecule has 0 bridgehead atoms.